The summed E-state index contributed by atoms with van der Waals surface area (Å²) in [4.78, 5) is 4.45. The number of aryl methyl sites for hydroxylation is 1. The first-order valence-corrected chi connectivity index (χ1v) is 5.71. The van der Waals surface area contributed by atoms with Gasteiger partial charge in [0, 0.05) is 10.0 Å². The van der Waals surface area contributed by atoms with Crippen LogP contribution in [0.4, 0.5) is 0 Å². The third-order valence-corrected chi connectivity index (χ3v) is 2.41. The lowest BCUT2D eigenvalue weighted by atomic mass is 10.1. The van der Waals surface area contributed by atoms with E-state index in [0.717, 1.165) is 15.6 Å². The normalized spacial score (nSPS) is 13.0. The molecule has 0 bridgehead atoms. The summed E-state index contributed by atoms with van der Waals surface area (Å²) in [5.41, 5.74) is 7.97. The lowest BCUT2D eigenvalue weighted by Crippen LogP contribution is -2.22. The minimum atomic E-state index is -0.135. The van der Waals surface area contributed by atoms with E-state index in [4.69, 9.17) is 5.73 Å². The standard InChI is InChI=1S/C12H17BrN2/c1-8-7-9(13)5-6-10(8)11(14)15-12(2,3)4/h5-7H,1-4H3,(H2,14,15). The molecular weight excluding hydrogens is 252 g/mol. The van der Waals surface area contributed by atoms with E-state index in [9.17, 15) is 0 Å². The van der Waals surface area contributed by atoms with Crippen molar-refractivity contribution < 1.29 is 0 Å². The number of hydrogen-bond donors (Lipinski definition) is 1. The second-order valence-electron chi connectivity index (χ2n) is 4.63. The van der Waals surface area contributed by atoms with Crippen molar-refractivity contribution in [2.24, 2.45) is 10.7 Å². The molecule has 3 heteroatoms. The molecule has 1 rings (SSSR count). The first kappa shape index (κ1) is 12.2. The Labute approximate surface area is 99.7 Å². The van der Waals surface area contributed by atoms with Crippen LogP contribution in [0.15, 0.2) is 27.7 Å². The van der Waals surface area contributed by atoms with Crippen molar-refractivity contribution in [3.05, 3.63) is 33.8 Å². The summed E-state index contributed by atoms with van der Waals surface area (Å²) in [5.74, 6) is 0.604. The highest BCUT2D eigenvalue weighted by molar-refractivity contribution is 9.10. The zero-order valence-electron chi connectivity index (χ0n) is 9.63. The smallest absolute Gasteiger partial charge is 0.126 e. The highest BCUT2D eigenvalue weighted by Crippen LogP contribution is 2.17. The van der Waals surface area contributed by atoms with Gasteiger partial charge in [0.1, 0.15) is 5.84 Å². The lowest BCUT2D eigenvalue weighted by molar-refractivity contribution is 0.583. The number of halogens is 1. The van der Waals surface area contributed by atoms with Gasteiger partial charge >= 0.3 is 0 Å². The Kier molecular flexibility index (Phi) is 3.55. The van der Waals surface area contributed by atoms with Crippen molar-refractivity contribution in [2.75, 3.05) is 0 Å². The van der Waals surface area contributed by atoms with Gasteiger partial charge in [-0.3, -0.25) is 4.99 Å². The fourth-order valence-corrected chi connectivity index (χ4v) is 1.81. The average Bonchev–Trinajstić information content (AvgIpc) is 1.99. The third-order valence-electron chi connectivity index (χ3n) is 1.92. The van der Waals surface area contributed by atoms with Crippen molar-refractivity contribution in [1.82, 2.24) is 0 Å². The molecule has 0 fully saturated rings. The van der Waals surface area contributed by atoms with Gasteiger partial charge in [-0.25, -0.2) is 0 Å². The monoisotopic (exact) mass is 268 g/mol. The Morgan fingerprint density at radius 1 is 1.33 bits per heavy atom. The van der Waals surface area contributed by atoms with E-state index in [-0.39, 0.29) is 5.54 Å². The minimum absolute atomic E-state index is 0.135. The van der Waals surface area contributed by atoms with Crippen LogP contribution in [-0.2, 0) is 0 Å². The van der Waals surface area contributed by atoms with E-state index in [1.165, 1.54) is 0 Å². The van der Waals surface area contributed by atoms with E-state index in [1.807, 2.05) is 45.9 Å². The predicted molar refractivity (Wildman–Crippen MR) is 69.4 cm³/mol. The first-order chi connectivity index (χ1) is 6.79. The zero-order chi connectivity index (χ0) is 11.6. The molecule has 0 heterocycles. The maximum absolute atomic E-state index is 5.97. The number of hydrogen-bond acceptors (Lipinski definition) is 1. The molecule has 0 amide bonds. The van der Waals surface area contributed by atoms with Crippen LogP contribution in [0.2, 0.25) is 0 Å². The summed E-state index contributed by atoms with van der Waals surface area (Å²) in [7, 11) is 0. The minimum Gasteiger partial charge on any atom is -0.383 e. The van der Waals surface area contributed by atoms with E-state index in [1.54, 1.807) is 0 Å². The van der Waals surface area contributed by atoms with Gasteiger partial charge in [-0.05, 0) is 51.5 Å². The molecule has 0 spiro atoms. The van der Waals surface area contributed by atoms with Crippen LogP contribution in [0.1, 0.15) is 31.9 Å². The Morgan fingerprint density at radius 2 is 1.93 bits per heavy atom. The molecule has 0 radical (unpaired) electrons. The zero-order valence-corrected chi connectivity index (χ0v) is 11.2. The largest absolute Gasteiger partial charge is 0.383 e. The second-order valence-corrected chi connectivity index (χ2v) is 5.54. The molecule has 2 N–H and O–H groups in total. The average molecular weight is 269 g/mol. The van der Waals surface area contributed by atoms with Crippen LogP contribution in [0.25, 0.3) is 0 Å². The van der Waals surface area contributed by atoms with Gasteiger partial charge in [0.05, 0.1) is 5.54 Å². The third kappa shape index (κ3) is 3.67. The van der Waals surface area contributed by atoms with Crippen molar-refractivity contribution in [3.8, 4) is 0 Å². The van der Waals surface area contributed by atoms with E-state index < -0.39 is 0 Å². The van der Waals surface area contributed by atoms with Crippen LogP contribution >= 0.6 is 15.9 Å². The molecule has 0 aliphatic rings. The van der Waals surface area contributed by atoms with Gasteiger partial charge in [0.2, 0.25) is 0 Å². The first-order valence-electron chi connectivity index (χ1n) is 4.91. The molecule has 2 nitrogen and oxygen atoms in total. The number of nitrogens with two attached hydrogens (primary N) is 1. The summed E-state index contributed by atoms with van der Waals surface area (Å²) in [6.07, 6.45) is 0. The molecule has 0 unspecified atom stereocenters. The maximum Gasteiger partial charge on any atom is 0.126 e. The van der Waals surface area contributed by atoms with Crippen molar-refractivity contribution in [2.45, 2.75) is 33.2 Å². The van der Waals surface area contributed by atoms with Crippen LogP contribution in [0, 0.1) is 6.92 Å². The molecule has 1 aromatic carbocycles. The Balaban J connectivity index is 3.12. The summed E-state index contributed by atoms with van der Waals surface area (Å²) in [5, 5.41) is 0. The summed E-state index contributed by atoms with van der Waals surface area (Å²) in [6.45, 7) is 8.14. The summed E-state index contributed by atoms with van der Waals surface area (Å²) in [6, 6.07) is 6.01. The van der Waals surface area contributed by atoms with Gasteiger partial charge in [0.15, 0.2) is 0 Å². The highest BCUT2D eigenvalue weighted by atomic mass is 79.9. The van der Waals surface area contributed by atoms with Crippen LogP contribution in [0.3, 0.4) is 0 Å². The fraction of sp³-hybridized carbons (Fsp3) is 0.417. The summed E-state index contributed by atoms with van der Waals surface area (Å²) < 4.78 is 1.06. The Bertz CT molecular complexity index is 389. The van der Waals surface area contributed by atoms with Crippen molar-refractivity contribution in [1.29, 1.82) is 0 Å². The molecule has 0 atom stereocenters. The number of amidine groups is 1. The topological polar surface area (TPSA) is 38.4 Å². The van der Waals surface area contributed by atoms with Gasteiger partial charge < -0.3 is 5.73 Å². The summed E-state index contributed by atoms with van der Waals surface area (Å²) >= 11 is 3.43. The maximum atomic E-state index is 5.97. The predicted octanol–water partition coefficient (Wildman–Crippen LogP) is 3.26. The molecule has 0 aromatic heterocycles. The van der Waals surface area contributed by atoms with Gasteiger partial charge in [-0.15, -0.1) is 0 Å². The Morgan fingerprint density at radius 3 is 2.40 bits per heavy atom. The van der Waals surface area contributed by atoms with E-state index in [2.05, 4.69) is 20.9 Å². The Hall–Kier alpha value is -0.830. The molecule has 82 valence electrons. The number of nitrogens with zero attached hydrogens (tertiary/aromatic N) is 1. The molecule has 0 saturated carbocycles. The number of rotatable bonds is 1. The molecule has 1 aromatic rings. The lowest BCUT2D eigenvalue weighted by Gasteiger charge is -2.14. The van der Waals surface area contributed by atoms with Gasteiger partial charge in [-0.2, -0.15) is 0 Å². The van der Waals surface area contributed by atoms with Crippen LogP contribution < -0.4 is 5.73 Å². The molecule has 0 saturated heterocycles. The molecule has 15 heavy (non-hydrogen) atoms. The van der Waals surface area contributed by atoms with E-state index >= 15 is 0 Å². The van der Waals surface area contributed by atoms with Gasteiger partial charge in [0.25, 0.3) is 0 Å². The number of aliphatic imine (C=N–C) groups is 1. The highest BCUT2D eigenvalue weighted by Gasteiger charge is 2.10. The van der Waals surface area contributed by atoms with Crippen molar-refractivity contribution >= 4 is 21.8 Å². The van der Waals surface area contributed by atoms with Crippen LogP contribution in [-0.4, -0.2) is 11.4 Å². The molecular formula is C12H17BrN2. The quantitative estimate of drug-likeness (QED) is 0.616. The number of benzene rings is 1. The molecule has 0 aliphatic carbocycles. The van der Waals surface area contributed by atoms with E-state index in [0.29, 0.717) is 5.84 Å². The van der Waals surface area contributed by atoms with Gasteiger partial charge in [-0.1, -0.05) is 15.9 Å². The molecule has 0 aliphatic heterocycles. The van der Waals surface area contributed by atoms with Crippen molar-refractivity contribution in [3.63, 3.8) is 0 Å². The second kappa shape index (κ2) is 4.35. The fourth-order valence-electron chi connectivity index (χ4n) is 1.34. The van der Waals surface area contributed by atoms with Crippen LogP contribution in [0.5, 0.6) is 0 Å². The SMILES string of the molecule is Cc1cc(Br)ccc1C(N)=NC(C)(C)C.